The molecule has 0 spiro atoms. The van der Waals surface area contributed by atoms with Crippen molar-refractivity contribution in [1.82, 2.24) is 14.9 Å². The van der Waals surface area contributed by atoms with Crippen molar-refractivity contribution in [3.05, 3.63) is 42.5 Å². The van der Waals surface area contributed by atoms with E-state index < -0.39 is 0 Å². The topological polar surface area (TPSA) is 29.9 Å². The van der Waals surface area contributed by atoms with Gasteiger partial charge in [-0.2, -0.15) is 0 Å². The molecule has 19 heavy (non-hydrogen) atoms. The highest BCUT2D eigenvalue weighted by molar-refractivity contribution is 7.98. The van der Waals surface area contributed by atoms with E-state index in [0.717, 1.165) is 13.1 Å². The fraction of sp³-hybridized carbons (Fsp3) is 0.400. The molecule has 1 aromatic carbocycles. The van der Waals surface area contributed by atoms with Crippen LogP contribution < -0.4 is 5.32 Å². The van der Waals surface area contributed by atoms with E-state index in [0.29, 0.717) is 5.92 Å². The maximum Gasteiger partial charge on any atom is 0.0994 e. The highest BCUT2D eigenvalue weighted by Gasteiger charge is 2.19. The minimum atomic E-state index is 0.580. The Hall–Kier alpha value is -1.26. The van der Waals surface area contributed by atoms with Crippen LogP contribution in [0.2, 0.25) is 0 Å². The van der Waals surface area contributed by atoms with E-state index in [-0.39, 0.29) is 0 Å². The molecule has 0 bridgehead atoms. The Balaban J connectivity index is 1.89. The van der Waals surface area contributed by atoms with E-state index in [2.05, 4.69) is 45.4 Å². The normalized spacial score (nSPS) is 19.5. The van der Waals surface area contributed by atoms with Crippen molar-refractivity contribution >= 4 is 11.8 Å². The average Bonchev–Trinajstić information content (AvgIpc) is 2.98. The van der Waals surface area contributed by atoms with Gasteiger partial charge in [-0.25, -0.2) is 4.98 Å². The predicted octanol–water partition coefficient (Wildman–Crippen LogP) is 3.06. The molecule has 1 N–H and O–H groups in total. The zero-order valence-corrected chi connectivity index (χ0v) is 12.0. The SMILES string of the molecule is CSc1ccc(-n2cncc2C2CCCNC2)cc1. The first-order valence-electron chi connectivity index (χ1n) is 6.76. The third-order valence-electron chi connectivity index (χ3n) is 3.73. The molecule has 1 aliphatic heterocycles. The van der Waals surface area contributed by atoms with E-state index >= 15 is 0 Å². The van der Waals surface area contributed by atoms with Gasteiger partial charge in [0.2, 0.25) is 0 Å². The molecule has 0 saturated carbocycles. The minimum Gasteiger partial charge on any atom is -0.316 e. The summed E-state index contributed by atoms with van der Waals surface area (Å²) in [4.78, 5) is 5.64. The Morgan fingerprint density at radius 3 is 2.84 bits per heavy atom. The van der Waals surface area contributed by atoms with Crippen molar-refractivity contribution in [2.75, 3.05) is 19.3 Å². The fourth-order valence-electron chi connectivity index (χ4n) is 2.67. The molecule has 3 nitrogen and oxygen atoms in total. The van der Waals surface area contributed by atoms with Gasteiger partial charge < -0.3 is 9.88 Å². The number of nitrogens with one attached hydrogen (secondary N) is 1. The second-order valence-corrected chi connectivity index (χ2v) is 5.81. The molecule has 1 atom stereocenters. The van der Waals surface area contributed by atoms with E-state index in [1.165, 1.54) is 29.1 Å². The van der Waals surface area contributed by atoms with Crippen LogP contribution in [0, 0.1) is 0 Å². The molecule has 2 aromatic rings. The summed E-state index contributed by atoms with van der Waals surface area (Å²) >= 11 is 1.77. The van der Waals surface area contributed by atoms with Crippen molar-refractivity contribution < 1.29 is 0 Å². The highest BCUT2D eigenvalue weighted by atomic mass is 32.2. The van der Waals surface area contributed by atoms with Crippen molar-refractivity contribution in [3.8, 4) is 5.69 Å². The Morgan fingerprint density at radius 1 is 1.32 bits per heavy atom. The van der Waals surface area contributed by atoms with Crippen LogP contribution in [0.1, 0.15) is 24.5 Å². The molecular formula is C15H19N3S. The number of aromatic nitrogens is 2. The molecule has 100 valence electrons. The smallest absolute Gasteiger partial charge is 0.0994 e. The largest absolute Gasteiger partial charge is 0.316 e. The molecule has 0 radical (unpaired) electrons. The average molecular weight is 273 g/mol. The summed E-state index contributed by atoms with van der Waals surface area (Å²) in [6.07, 6.45) is 8.55. The van der Waals surface area contributed by atoms with Gasteiger partial charge in [0.1, 0.15) is 0 Å². The first-order valence-corrected chi connectivity index (χ1v) is 7.98. The summed E-state index contributed by atoms with van der Waals surface area (Å²) in [6, 6.07) is 8.69. The molecule has 1 fully saturated rings. The third kappa shape index (κ3) is 2.69. The number of rotatable bonds is 3. The molecule has 1 saturated heterocycles. The van der Waals surface area contributed by atoms with E-state index in [1.807, 2.05) is 12.5 Å². The van der Waals surface area contributed by atoms with E-state index in [9.17, 15) is 0 Å². The Morgan fingerprint density at radius 2 is 2.16 bits per heavy atom. The van der Waals surface area contributed by atoms with Crippen LogP contribution in [0.5, 0.6) is 0 Å². The van der Waals surface area contributed by atoms with Gasteiger partial charge in [0.05, 0.1) is 6.33 Å². The molecular weight excluding hydrogens is 254 g/mol. The molecule has 2 heterocycles. The molecule has 1 aromatic heterocycles. The van der Waals surface area contributed by atoms with Crippen molar-refractivity contribution in [2.24, 2.45) is 0 Å². The zero-order chi connectivity index (χ0) is 13.1. The Labute approximate surface area is 118 Å². The molecule has 0 aliphatic carbocycles. The van der Waals surface area contributed by atoms with Gasteiger partial charge in [0, 0.05) is 34.9 Å². The maximum atomic E-state index is 4.35. The van der Waals surface area contributed by atoms with Crippen LogP contribution >= 0.6 is 11.8 Å². The highest BCUT2D eigenvalue weighted by Crippen LogP contribution is 2.26. The van der Waals surface area contributed by atoms with Gasteiger partial charge in [0.15, 0.2) is 0 Å². The summed E-state index contributed by atoms with van der Waals surface area (Å²) in [6.45, 7) is 2.21. The minimum absolute atomic E-state index is 0.580. The van der Waals surface area contributed by atoms with Crippen LogP contribution in [0.4, 0.5) is 0 Å². The maximum absolute atomic E-state index is 4.35. The number of hydrogen-bond donors (Lipinski definition) is 1. The molecule has 4 heteroatoms. The number of benzene rings is 1. The van der Waals surface area contributed by atoms with Gasteiger partial charge in [-0.3, -0.25) is 0 Å². The quantitative estimate of drug-likeness (QED) is 0.872. The van der Waals surface area contributed by atoms with E-state index in [1.54, 1.807) is 11.8 Å². The zero-order valence-electron chi connectivity index (χ0n) is 11.2. The lowest BCUT2D eigenvalue weighted by atomic mass is 9.96. The van der Waals surface area contributed by atoms with Crippen LogP contribution in [0.15, 0.2) is 41.7 Å². The lowest BCUT2D eigenvalue weighted by molar-refractivity contribution is 0.451. The van der Waals surface area contributed by atoms with Gasteiger partial charge in [-0.05, 0) is 49.9 Å². The van der Waals surface area contributed by atoms with Gasteiger partial charge in [-0.15, -0.1) is 11.8 Å². The van der Waals surface area contributed by atoms with Crippen molar-refractivity contribution in [3.63, 3.8) is 0 Å². The predicted molar refractivity (Wildman–Crippen MR) is 80.2 cm³/mol. The summed E-state index contributed by atoms with van der Waals surface area (Å²) < 4.78 is 2.22. The standard InChI is InChI=1S/C15H19N3S/c1-19-14-6-4-13(5-7-14)18-11-17-10-15(18)12-3-2-8-16-9-12/h4-7,10-12,16H,2-3,8-9H2,1H3. The van der Waals surface area contributed by atoms with Gasteiger partial charge in [0.25, 0.3) is 0 Å². The fourth-order valence-corrected chi connectivity index (χ4v) is 3.08. The Bertz CT molecular complexity index is 527. The number of hydrogen-bond acceptors (Lipinski definition) is 3. The van der Waals surface area contributed by atoms with Gasteiger partial charge in [-0.1, -0.05) is 0 Å². The van der Waals surface area contributed by atoms with E-state index in [4.69, 9.17) is 0 Å². The second-order valence-electron chi connectivity index (χ2n) is 4.93. The molecule has 3 rings (SSSR count). The van der Waals surface area contributed by atoms with Crippen LogP contribution in [-0.2, 0) is 0 Å². The lowest BCUT2D eigenvalue weighted by Gasteiger charge is -2.23. The number of piperidine rings is 1. The summed E-state index contributed by atoms with van der Waals surface area (Å²) in [5.74, 6) is 0.580. The lowest BCUT2D eigenvalue weighted by Crippen LogP contribution is -2.29. The second kappa shape index (κ2) is 5.80. The monoisotopic (exact) mass is 273 g/mol. The van der Waals surface area contributed by atoms with Crippen molar-refractivity contribution in [2.45, 2.75) is 23.7 Å². The summed E-state index contributed by atoms with van der Waals surface area (Å²) in [5.41, 5.74) is 2.53. The summed E-state index contributed by atoms with van der Waals surface area (Å²) in [7, 11) is 0. The van der Waals surface area contributed by atoms with Crippen molar-refractivity contribution in [1.29, 1.82) is 0 Å². The number of thioether (sulfide) groups is 1. The molecule has 0 amide bonds. The molecule has 1 aliphatic rings. The van der Waals surface area contributed by atoms with Crippen LogP contribution in [0.25, 0.3) is 5.69 Å². The van der Waals surface area contributed by atoms with Crippen LogP contribution in [-0.4, -0.2) is 28.9 Å². The van der Waals surface area contributed by atoms with Crippen LogP contribution in [0.3, 0.4) is 0 Å². The third-order valence-corrected chi connectivity index (χ3v) is 4.48. The molecule has 1 unspecified atom stereocenters. The number of nitrogens with zero attached hydrogens (tertiary/aromatic N) is 2. The summed E-state index contributed by atoms with van der Waals surface area (Å²) in [5, 5.41) is 3.48. The first kappa shape index (κ1) is 12.8. The first-order chi connectivity index (χ1) is 9.38. The number of imidazole rings is 1. The Kier molecular flexibility index (Phi) is 3.89. The van der Waals surface area contributed by atoms with Gasteiger partial charge >= 0.3 is 0 Å².